The van der Waals surface area contributed by atoms with Gasteiger partial charge in [-0.1, -0.05) is 12.1 Å². The average molecular weight is 268 g/mol. The highest BCUT2D eigenvalue weighted by molar-refractivity contribution is 7.89. The zero-order valence-corrected chi connectivity index (χ0v) is 11.0. The number of carbonyl (C=O) groups excluding carboxylic acids is 1. The highest BCUT2D eigenvalue weighted by Gasteiger charge is 2.32. The second-order valence-electron chi connectivity index (χ2n) is 4.41. The van der Waals surface area contributed by atoms with Gasteiger partial charge in [0.05, 0.1) is 5.69 Å². The van der Waals surface area contributed by atoms with E-state index >= 15 is 0 Å². The van der Waals surface area contributed by atoms with Gasteiger partial charge in [0.2, 0.25) is 5.91 Å². The van der Waals surface area contributed by atoms with E-state index in [-0.39, 0.29) is 29.5 Å². The van der Waals surface area contributed by atoms with Crippen molar-refractivity contribution in [2.45, 2.75) is 31.1 Å². The Bertz CT molecular complexity index is 581. The van der Waals surface area contributed by atoms with Crippen LogP contribution in [0.15, 0.2) is 23.1 Å². The molecule has 1 aliphatic heterocycles. The van der Waals surface area contributed by atoms with E-state index in [0.29, 0.717) is 12.0 Å². The van der Waals surface area contributed by atoms with Crippen LogP contribution in [0.5, 0.6) is 0 Å². The summed E-state index contributed by atoms with van der Waals surface area (Å²) in [6, 6.07) is 4.82. The minimum atomic E-state index is -3.81. The van der Waals surface area contributed by atoms with E-state index in [0.717, 1.165) is 10.7 Å². The number of rotatable bonds is 2. The molecule has 18 heavy (non-hydrogen) atoms. The van der Waals surface area contributed by atoms with Crippen molar-refractivity contribution in [3.8, 4) is 0 Å². The fraction of sp³-hybridized carbons (Fsp3) is 0.417. The Morgan fingerprint density at radius 2 is 2.00 bits per heavy atom. The first kappa shape index (κ1) is 12.9. The number of carbonyl (C=O) groups is 1. The van der Waals surface area contributed by atoms with Gasteiger partial charge in [0.25, 0.3) is 10.0 Å². The van der Waals surface area contributed by atoms with Crippen LogP contribution in [0.4, 0.5) is 5.69 Å². The molecule has 2 N–H and O–H groups in total. The van der Waals surface area contributed by atoms with Crippen LogP contribution in [-0.4, -0.2) is 25.2 Å². The van der Waals surface area contributed by atoms with Gasteiger partial charge in [0.15, 0.2) is 0 Å². The maximum atomic E-state index is 12.4. The lowest BCUT2D eigenvalue weighted by molar-refractivity contribution is -0.128. The van der Waals surface area contributed by atoms with Gasteiger partial charge in [-0.15, -0.1) is 0 Å². The molecule has 1 aliphatic rings. The Kier molecular flexibility index (Phi) is 3.30. The number of benzene rings is 1. The number of hydrogen-bond donors (Lipinski definition) is 1. The van der Waals surface area contributed by atoms with Crippen LogP contribution in [0.2, 0.25) is 0 Å². The summed E-state index contributed by atoms with van der Waals surface area (Å²) in [5, 5.41) is 0. The lowest BCUT2D eigenvalue weighted by Crippen LogP contribution is -2.40. The largest absolute Gasteiger partial charge is 0.397 e. The zero-order chi connectivity index (χ0) is 13.3. The summed E-state index contributed by atoms with van der Waals surface area (Å²) < 4.78 is 25.7. The summed E-state index contributed by atoms with van der Waals surface area (Å²) in [7, 11) is -3.81. The second-order valence-corrected chi connectivity index (χ2v) is 6.25. The summed E-state index contributed by atoms with van der Waals surface area (Å²) in [6.45, 7) is 1.99. The van der Waals surface area contributed by atoms with Crippen LogP contribution in [0.3, 0.4) is 0 Å². The van der Waals surface area contributed by atoms with Crippen molar-refractivity contribution in [2.75, 3.05) is 12.3 Å². The number of nitrogen functional groups attached to an aromatic ring is 1. The molecule has 98 valence electrons. The number of anilines is 1. The van der Waals surface area contributed by atoms with E-state index in [1.165, 1.54) is 6.07 Å². The number of piperidine rings is 1. The summed E-state index contributed by atoms with van der Waals surface area (Å²) in [5.74, 6) is -0.345. The minimum Gasteiger partial charge on any atom is -0.397 e. The van der Waals surface area contributed by atoms with Gasteiger partial charge in [-0.25, -0.2) is 12.7 Å². The Morgan fingerprint density at radius 1 is 1.28 bits per heavy atom. The summed E-state index contributed by atoms with van der Waals surface area (Å²) in [4.78, 5) is 11.7. The van der Waals surface area contributed by atoms with Crippen LogP contribution in [0.1, 0.15) is 24.8 Å². The third kappa shape index (κ3) is 2.08. The van der Waals surface area contributed by atoms with Crippen molar-refractivity contribution in [3.63, 3.8) is 0 Å². The van der Waals surface area contributed by atoms with Crippen molar-refractivity contribution in [3.05, 3.63) is 23.8 Å². The molecule has 1 amide bonds. The third-order valence-electron chi connectivity index (χ3n) is 3.13. The van der Waals surface area contributed by atoms with Gasteiger partial charge in [0, 0.05) is 13.0 Å². The highest BCUT2D eigenvalue weighted by atomic mass is 32.2. The number of hydrogen-bond acceptors (Lipinski definition) is 4. The smallest absolute Gasteiger partial charge is 0.268 e. The van der Waals surface area contributed by atoms with Crippen molar-refractivity contribution in [1.29, 1.82) is 0 Å². The maximum Gasteiger partial charge on any atom is 0.268 e. The van der Waals surface area contributed by atoms with Crippen molar-refractivity contribution in [2.24, 2.45) is 0 Å². The van der Waals surface area contributed by atoms with Crippen LogP contribution in [0, 0.1) is 6.92 Å². The summed E-state index contributed by atoms with van der Waals surface area (Å²) in [5.41, 5.74) is 6.72. The average Bonchev–Trinajstić information content (AvgIpc) is 2.32. The zero-order valence-electron chi connectivity index (χ0n) is 10.2. The molecule has 0 unspecified atom stereocenters. The van der Waals surface area contributed by atoms with E-state index in [4.69, 9.17) is 5.73 Å². The van der Waals surface area contributed by atoms with Gasteiger partial charge in [-0.05, 0) is 31.4 Å². The SMILES string of the molecule is Cc1cccc(S(=O)(=O)N2CCCCC2=O)c1N. The quantitative estimate of drug-likeness (QED) is 0.819. The Labute approximate surface area is 107 Å². The van der Waals surface area contributed by atoms with Gasteiger partial charge in [0.1, 0.15) is 4.90 Å². The molecular weight excluding hydrogens is 252 g/mol. The van der Waals surface area contributed by atoms with E-state index in [1.54, 1.807) is 19.1 Å². The molecule has 0 saturated carbocycles. The molecule has 1 aromatic carbocycles. The number of nitrogens with two attached hydrogens (primary N) is 1. The molecule has 1 fully saturated rings. The van der Waals surface area contributed by atoms with Crippen molar-refractivity contribution in [1.82, 2.24) is 4.31 Å². The molecule has 6 heteroatoms. The molecule has 0 spiro atoms. The van der Waals surface area contributed by atoms with Crippen LogP contribution in [-0.2, 0) is 14.8 Å². The monoisotopic (exact) mass is 268 g/mol. The van der Waals surface area contributed by atoms with Gasteiger partial charge in [-0.2, -0.15) is 0 Å². The topological polar surface area (TPSA) is 80.5 Å². The molecule has 0 radical (unpaired) electrons. The predicted octanol–water partition coefficient (Wildman–Crippen LogP) is 1.28. The van der Waals surface area contributed by atoms with Crippen molar-refractivity contribution < 1.29 is 13.2 Å². The normalized spacial score (nSPS) is 16.9. The summed E-state index contributed by atoms with van der Waals surface area (Å²) in [6.07, 6.45) is 1.73. The Morgan fingerprint density at radius 3 is 2.67 bits per heavy atom. The van der Waals surface area contributed by atoms with Gasteiger partial charge in [-0.3, -0.25) is 4.79 Å². The molecule has 1 aromatic rings. The van der Waals surface area contributed by atoms with Crippen molar-refractivity contribution >= 4 is 21.6 Å². The van der Waals surface area contributed by atoms with Crippen LogP contribution >= 0.6 is 0 Å². The number of nitrogens with zero attached hydrogens (tertiary/aromatic N) is 1. The van der Waals surface area contributed by atoms with E-state index in [1.807, 2.05) is 0 Å². The molecule has 1 saturated heterocycles. The first-order valence-electron chi connectivity index (χ1n) is 5.85. The Balaban J connectivity index is 2.48. The number of sulfonamides is 1. The van der Waals surface area contributed by atoms with E-state index in [2.05, 4.69) is 0 Å². The number of para-hydroxylation sites is 1. The Hall–Kier alpha value is -1.56. The molecular formula is C12H16N2O3S. The van der Waals surface area contributed by atoms with Crippen LogP contribution < -0.4 is 5.73 Å². The highest BCUT2D eigenvalue weighted by Crippen LogP contribution is 2.27. The maximum absolute atomic E-state index is 12.4. The minimum absolute atomic E-state index is 0.0257. The number of aryl methyl sites for hydroxylation is 1. The standard InChI is InChI=1S/C12H16N2O3S/c1-9-5-4-6-10(12(9)13)18(16,17)14-8-3-2-7-11(14)15/h4-6H,2-3,7-8,13H2,1H3. The molecule has 0 aromatic heterocycles. The lowest BCUT2D eigenvalue weighted by atomic mass is 10.2. The van der Waals surface area contributed by atoms with E-state index in [9.17, 15) is 13.2 Å². The first-order valence-corrected chi connectivity index (χ1v) is 7.29. The molecule has 1 heterocycles. The summed E-state index contributed by atoms with van der Waals surface area (Å²) >= 11 is 0. The fourth-order valence-electron chi connectivity index (χ4n) is 2.03. The molecule has 0 aliphatic carbocycles. The first-order chi connectivity index (χ1) is 8.44. The fourth-order valence-corrected chi connectivity index (χ4v) is 3.69. The molecule has 0 bridgehead atoms. The second kappa shape index (κ2) is 4.61. The molecule has 0 atom stereocenters. The predicted molar refractivity (Wildman–Crippen MR) is 68.3 cm³/mol. The molecule has 2 rings (SSSR count). The van der Waals surface area contributed by atoms with E-state index < -0.39 is 10.0 Å². The number of amides is 1. The van der Waals surface area contributed by atoms with Gasteiger partial charge < -0.3 is 5.73 Å². The molecule has 5 nitrogen and oxygen atoms in total. The third-order valence-corrected chi connectivity index (χ3v) is 5.01. The van der Waals surface area contributed by atoms with Gasteiger partial charge >= 0.3 is 0 Å². The lowest BCUT2D eigenvalue weighted by Gasteiger charge is -2.26. The van der Waals surface area contributed by atoms with Crippen LogP contribution in [0.25, 0.3) is 0 Å².